The quantitative estimate of drug-likeness (QED) is 0.546. The van der Waals surface area contributed by atoms with Crippen LogP contribution in [0.15, 0.2) is 12.1 Å². The van der Waals surface area contributed by atoms with E-state index in [1.807, 2.05) is 12.1 Å². The molecule has 156 valence electrons. The van der Waals surface area contributed by atoms with Crippen LogP contribution in [0.3, 0.4) is 0 Å². The molecule has 3 aliphatic heterocycles. The number of anilines is 1. The SMILES string of the molecule is COc1cc(N2CC(C(OC)OC)C2)cc2c1CN(C1CCC(=O)NC1=O)C2=O. The topological polar surface area (TPSA) is 97.4 Å². The maximum absolute atomic E-state index is 13.1. The van der Waals surface area contributed by atoms with Crippen molar-refractivity contribution in [2.24, 2.45) is 5.92 Å². The Morgan fingerprint density at radius 2 is 1.83 bits per heavy atom. The van der Waals surface area contributed by atoms with Gasteiger partial charge in [-0.1, -0.05) is 0 Å². The van der Waals surface area contributed by atoms with E-state index in [2.05, 4.69) is 10.2 Å². The summed E-state index contributed by atoms with van der Waals surface area (Å²) in [4.78, 5) is 40.4. The summed E-state index contributed by atoms with van der Waals surface area (Å²) in [5, 5.41) is 2.32. The molecule has 0 bridgehead atoms. The third kappa shape index (κ3) is 3.34. The predicted octanol–water partition coefficient (Wildman–Crippen LogP) is 0.511. The van der Waals surface area contributed by atoms with Crippen LogP contribution >= 0.6 is 0 Å². The number of piperidine rings is 1. The minimum Gasteiger partial charge on any atom is -0.496 e. The van der Waals surface area contributed by atoms with E-state index in [4.69, 9.17) is 14.2 Å². The molecule has 4 rings (SSSR count). The van der Waals surface area contributed by atoms with Crippen molar-refractivity contribution >= 4 is 23.4 Å². The number of carbonyl (C=O) groups is 3. The van der Waals surface area contributed by atoms with Crippen LogP contribution in [0, 0.1) is 5.92 Å². The molecule has 29 heavy (non-hydrogen) atoms. The van der Waals surface area contributed by atoms with Crippen LogP contribution in [0.4, 0.5) is 5.69 Å². The van der Waals surface area contributed by atoms with Gasteiger partial charge >= 0.3 is 0 Å². The Morgan fingerprint density at radius 1 is 1.10 bits per heavy atom. The molecule has 9 heteroatoms. The molecule has 1 aromatic carbocycles. The second-order valence-corrected chi connectivity index (χ2v) is 7.58. The number of benzene rings is 1. The van der Waals surface area contributed by atoms with Gasteiger partial charge in [0.15, 0.2) is 6.29 Å². The number of hydrogen-bond acceptors (Lipinski definition) is 7. The van der Waals surface area contributed by atoms with Gasteiger partial charge in [0.1, 0.15) is 11.8 Å². The molecule has 0 aliphatic carbocycles. The molecule has 3 heterocycles. The minimum atomic E-state index is -0.640. The van der Waals surface area contributed by atoms with Crippen LogP contribution < -0.4 is 15.0 Å². The van der Waals surface area contributed by atoms with E-state index >= 15 is 0 Å². The van der Waals surface area contributed by atoms with Gasteiger partial charge in [-0.3, -0.25) is 19.7 Å². The summed E-state index contributed by atoms with van der Waals surface area (Å²) in [6, 6.07) is 3.14. The second kappa shape index (κ2) is 7.64. The molecule has 2 saturated heterocycles. The van der Waals surface area contributed by atoms with Crippen LogP contribution in [0.25, 0.3) is 0 Å². The first kappa shape index (κ1) is 19.7. The summed E-state index contributed by atoms with van der Waals surface area (Å²) in [5.74, 6) is -0.0529. The van der Waals surface area contributed by atoms with E-state index in [1.165, 1.54) is 4.90 Å². The van der Waals surface area contributed by atoms with Gasteiger partial charge in [0.25, 0.3) is 5.91 Å². The summed E-state index contributed by atoms with van der Waals surface area (Å²) >= 11 is 0. The fourth-order valence-corrected chi connectivity index (χ4v) is 4.35. The highest BCUT2D eigenvalue weighted by atomic mass is 16.7. The van der Waals surface area contributed by atoms with Crippen molar-refractivity contribution < 1.29 is 28.6 Å². The van der Waals surface area contributed by atoms with Crippen LogP contribution in [-0.4, -0.2) is 69.4 Å². The average Bonchev–Trinajstić information content (AvgIpc) is 3.00. The fraction of sp³-hybridized carbons (Fsp3) is 0.550. The lowest BCUT2D eigenvalue weighted by Gasteiger charge is -2.43. The molecule has 1 unspecified atom stereocenters. The molecule has 0 radical (unpaired) electrons. The Kier molecular flexibility index (Phi) is 5.18. The number of fused-ring (bicyclic) bond motifs is 1. The smallest absolute Gasteiger partial charge is 0.255 e. The lowest BCUT2D eigenvalue weighted by molar-refractivity contribution is -0.142. The number of nitrogens with one attached hydrogen (secondary N) is 1. The van der Waals surface area contributed by atoms with Gasteiger partial charge in [0.2, 0.25) is 11.8 Å². The van der Waals surface area contributed by atoms with Crippen molar-refractivity contribution in [3.05, 3.63) is 23.3 Å². The molecule has 0 saturated carbocycles. The standard InChI is InChI=1S/C20H25N3O6/c1-27-16-7-12(22-8-11(9-22)20(28-2)29-3)6-13-14(16)10-23(19(13)26)15-4-5-17(24)21-18(15)25/h6-7,11,15,20H,4-5,8-10H2,1-3H3,(H,21,24,25). The Labute approximate surface area is 168 Å². The first-order valence-electron chi connectivity index (χ1n) is 9.63. The highest BCUT2D eigenvalue weighted by molar-refractivity contribution is 6.06. The number of carbonyl (C=O) groups excluding carboxylic acids is 3. The number of imide groups is 1. The number of ether oxygens (including phenoxy) is 3. The molecule has 2 fully saturated rings. The normalized spacial score (nSPS) is 22.1. The van der Waals surface area contributed by atoms with Crippen molar-refractivity contribution in [1.82, 2.24) is 10.2 Å². The Hall–Kier alpha value is -2.65. The van der Waals surface area contributed by atoms with Gasteiger partial charge in [-0.15, -0.1) is 0 Å². The molecular weight excluding hydrogens is 378 g/mol. The number of amides is 3. The maximum Gasteiger partial charge on any atom is 0.255 e. The fourth-order valence-electron chi connectivity index (χ4n) is 4.35. The summed E-state index contributed by atoms with van der Waals surface area (Å²) in [6.45, 7) is 1.79. The molecule has 3 amide bonds. The van der Waals surface area contributed by atoms with Crippen molar-refractivity contribution in [3.8, 4) is 5.75 Å². The van der Waals surface area contributed by atoms with Crippen molar-refractivity contribution in [1.29, 1.82) is 0 Å². The number of hydrogen-bond donors (Lipinski definition) is 1. The molecule has 3 aliphatic rings. The highest BCUT2D eigenvalue weighted by Gasteiger charge is 2.41. The molecule has 0 aromatic heterocycles. The molecule has 1 N–H and O–H groups in total. The third-order valence-electron chi connectivity index (χ3n) is 5.94. The van der Waals surface area contributed by atoms with Crippen molar-refractivity contribution in [2.45, 2.75) is 31.7 Å². The Morgan fingerprint density at radius 3 is 2.45 bits per heavy atom. The van der Waals surface area contributed by atoms with Crippen LogP contribution in [-0.2, 0) is 25.6 Å². The van der Waals surface area contributed by atoms with E-state index in [9.17, 15) is 14.4 Å². The first-order valence-corrected chi connectivity index (χ1v) is 9.63. The van der Waals surface area contributed by atoms with E-state index in [-0.39, 0.29) is 30.4 Å². The van der Waals surface area contributed by atoms with Gasteiger partial charge in [0, 0.05) is 57.0 Å². The zero-order valence-electron chi connectivity index (χ0n) is 16.8. The third-order valence-corrected chi connectivity index (χ3v) is 5.94. The van der Waals surface area contributed by atoms with Gasteiger partial charge in [0.05, 0.1) is 19.2 Å². The van der Waals surface area contributed by atoms with Gasteiger partial charge in [-0.2, -0.15) is 0 Å². The largest absolute Gasteiger partial charge is 0.496 e. The number of rotatable bonds is 6. The average molecular weight is 403 g/mol. The van der Waals surface area contributed by atoms with Crippen LogP contribution in [0.2, 0.25) is 0 Å². The van der Waals surface area contributed by atoms with Crippen LogP contribution in [0.5, 0.6) is 5.75 Å². The second-order valence-electron chi connectivity index (χ2n) is 7.58. The minimum absolute atomic E-state index is 0.210. The summed E-state index contributed by atoms with van der Waals surface area (Å²) in [5.41, 5.74) is 2.21. The molecule has 1 aromatic rings. The van der Waals surface area contributed by atoms with Crippen molar-refractivity contribution in [3.63, 3.8) is 0 Å². The van der Waals surface area contributed by atoms with E-state index in [0.717, 1.165) is 24.3 Å². The molecule has 1 atom stereocenters. The maximum atomic E-state index is 13.1. The van der Waals surface area contributed by atoms with Gasteiger partial charge in [-0.05, 0) is 12.5 Å². The Balaban J connectivity index is 1.55. The lowest BCUT2D eigenvalue weighted by atomic mass is 9.97. The zero-order valence-corrected chi connectivity index (χ0v) is 16.8. The number of nitrogens with zero attached hydrogens (tertiary/aromatic N) is 2. The van der Waals surface area contributed by atoms with Crippen molar-refractivity contribution in [2.75, 3.05) is 39.3 Å². The predicted molar refractivity (Wildman–Crippen MR) is 103 cm³/mol. The Bertz CT molecular complexity index is 847. The van der Waals surface area contributed by atoms with Gasteiger partial charge in [-0.25, -0.2) is 0 Å². The highest BCUT2D eigenvalue weighted by Crippen LogP contribution is 2.39. The van der Waals surface area contributed by atoms with E-state index < -0.39 is 11.9 Å². The summed E-state index contributed by atoms with van der Waals surface area (Å²) in [7, 11) is 4.82. The summed E-state index contributed by atoms with van der Waals surface area (Å²) < 4.78 is 16.2. The molecular formula is C20H25N3O6. The summed E-state index contributed by atoms with van der Waals surface area (Å²) in [6.07, 6.45) is 0.309. The van der Waals surface area contributed by atoms with Gasteiger partial charge < -0.3 is 24.0 Å². The lowest BCUT2D eigenvalue weighted by Crippen LogP contribution is -2.53. The van der Waals surface area contributed by atoms with E-state index in [1.54, 1.807) is 21.3 Å². The molecule has 0 spiro atoms. The first-order chi connectivity index (χ1) is 14.0. The monoisotopic (exact) mass is 403 g/mol. The number of methoxy groups -OCH3 is 3. The molecule has 9 nitrogen and oxygen atoms in total. The van der Waals surface area contributed by atoms with Crippen LogP contribution in [0.1, 0.15) is 28.8 Å². The van der Waals surface area contributed by atoms with E-state index in [0.29, 0.717) is 24.3 Å². The zero-order chi connectivity index (χ0) is 20.7.